The molecule has 3 aliphatic rings. The van der Waals surface area contributed by atoms with E-state index in [0.29, 0.717) is 5.56 Å². The average Bonchev–Trinajstić information content (AvgIpc) is 3.58. The van der Waals surface area contributed by atoms with Gasteiger partial charge in [-0.15, -0.1) is 0 Å². The van der Waals surface area contributed by atoms with Crippen molar-refractivity contribution in [1.29, 1.82) is 0 Å². The van der Waals surface area contributed by atoms with Crippen LogP contribution < -0.4 is 4.90 Å². The molecule has 0 spiro atoms. The number of carboxylic acids is 1. The molecule has 0 saturated heterocycles. The van der Waals surface area contributed by atoms with E-state index in [1.807, 2.05) is 29.2 Å². The zero-order valence-electron chi connectivity index (χ0n) is 20.3. The van der Waals surface area contributed by atoms with Crippen molar-refractivity contribution in [3.8, 4) is 0 Å². The first-order chi connectivity index (χ1) is 17.3. The highest BCUT2D eigenvalue weighted by molar-refractivity contribution is 5.91. The minimum Gasteiger partial charge on any atom is -0.481 e. The third-order valence-electron chi connectivity index (χ3n) is 7.68. The fourth-order valence-corrected chi connectivity index (χ4v) is 5.91. The summed E-state index contributed by atoms with van der Waals surface area (Å²) in [5.74, 6) is -1.42. The number of hydrogen-bond donors (Lipinski definition) is 1. The van der Waals surface area contributed by atoms with Gasteiger partial charge >= 0.3 is 12.1 Å². The first kappa shape index (κ1) is 24.3. The van der Waals surface area contributed by atoms with Crippen LogP contribution in [0.2, 0.25) is 0 Å². The fourth-order valence-electron chi connectivity index (χ4n) is 5.91. The molecule has 2 saturated carbocycles. The van der Waals surface area contributed by atoms with Gasteiger partial charge in [0.2, 0.25) is 5.91 Å². The van der Waals surface area contributed by atoms with Gasteiger partial charge in [-0.2, -0.15) is 0 Å². The first-order valence-electron chi connectivity index (χ1n) is 12.7. The van der Waals surface area contributed by atoms with Crippen molar-refractivity contribution >= 4 is 23.7 Å². The van der Waals surface area contributed by atoms with Crippen LogP contribution in [0.1, 0.15) is 75.1 Å². The molecule has 4 atom stereocenters. The number of hydrogen-bond acceptors (Lipinski definition) is 4. The second-order valence-corrected chi connectivity index (χ2v) is 10.0. The number of anilines is 1. The van der Waals surface area contributed by atoms with Crippen molar-refractivity contribution in [3.63, 3.8) is 0 Å². The molecule has 1 N–H and O–H groups in total. The van der Waals surface area contributed by atoms with Crippen molar-refractivity contribution in [3.05, 3.63) is 65.5 Å². The predicted molar refractivity (Wildman–Crippen MR) is 131 cm³/mol. The Kier molecular flexibility index (Phi) is 6.69. The van der Waals surface area contributed by atoms with Gasteiger partial charge in [-0.1, -0.05) is 36.8 Å². The largest absolute Gasteiger partial charge is 0.481 e. The molecule has 0 radical (unpaired) electrons. The predicted octanol–water partition coefficient (Wildman–Crippen LogP) is 5.61. The quantitative estimate of drug-likeness (QED) is 0.541. The van der Waals surface area contributed by atoms with Crippen molar-refractivity contribution in [1.82, 2.24) is 4.90 Å². The Bertz CT molecular complexity index is 1150. The van der Waals surface area contributed by atoms with Gasteiger partial charge in [0.25, 0.3) is 0 Å². The maximum Gasteiger partial charge on any atom is 0.415 e. The fraction of sp³-hybridized carbons (Fsp3) is 0.464. The summed E-state index contributed by atoms with van der Waals surface area (Å²) >= 11 is 0. The van der Waals surface area contributed by atoms with E-state index in [2.05, 4.69) is 0 Å². The van der Waals surface area contributed by atoms with E-state index in [0.717, 1.165) is 43.4 Å². The van der Waals surface area contributed by atoms with Crippen molar-refractivity contribution < 1.29 is 28.6 Å². The Balaban J connectivity index is 1.46. The molecule has 5 rings (SSSR count). The van der Waals surface area contributed by atoms with Crippen molar-refractivity contribution in [2.75, 3.05) is 4.90 Å². The summed E-state index contributed by atoms with van der Waals surface area (Å²) < 4.78 is 19.2. The van der Waals surface area contributed by atoms with E-state index >= 15 is 0 Å². The Morgan fingerprint density at radius 3 is 2.47 bits per heavy atom. The van der Waals surface area contributed by atoms with Crippen molar-refractivity contribution in [2.24, 2.45) is 5.92 Å². The molecule has 2 fully saturated rings. The smallest absolute Gasteiger partial charge is 0.415 e. The Morgan fingerprint density at radius 2 is 1.78 bits per heavy atom. The molecule has 2 amide bonds. The van der Waals surface area contributed by atoms with Gasteiger partial charge in [0, 0.05) is 24.4 Å². The summed E-state index contributed by atoms with van der Waals surface area (Å²) in [6, 6.07) is 13.4. The van der Waals surface area contributed by atoms with Gasteiger partial charge in [0.15, 0.2) is 0 Å². The zero-order chi connectivity index (χ0) is 25.4. The number of halogens is 1. The van der Waals surface area contributed by atoms with Gasteiger partial charge in [0.05, 0.1) is 18.2 Å². The molecule has 1 heterocycles. The average molecular weight is 495 g/mol. The standard InChI is InChI=1S/C28H31FN2O5/c1-17(18-9-11-19(29)12-10-18)36-28(35)31-23-7-3-2-5-21(23)27(22-6-4-8-24(22)31)30(20-13-14-20)25(32)15-16-26(33)34/h2-3,5,7,9-12,17,20,22,24,27H,4,6,8,13-16H2,1H3,(H,33,34)/t17?,22-,24+,27+/m1/s1. The van der Waals surface area contributed by atoms with Crippen LogP contribution in [0.5, 0.6) is 0 Å². The summed E-state index contributed by atoms with van der Waals surface area (Å²) in [6.07, 6.45) is 3.21. The summed E-state index contributed by atoms with van der Waals surface area (Å²) in [6.45, 7) is 1.77. The van der Waals surface area contributed by atoms with Crippen LogP contribution in [0.25, 0.3) is 0 Å². The Labute approximate surface area is 209 Å². The molecule has 7 nitrogen and oxygen atoms in total. The second-order valence-electron chi connectivity index (χ2n) is 10.0. The van der Waals surface area contributed by atoms with Crippen LogP contribution in [-0.2, 0) is 14.3 Å². The van der Waals surface area contributed by atoms with E-state index in [9.17, 15) is 18.8 Å². The summed E-state index contributed by atoms with van der Waals surface area (Å²) in [7, 11) is 0. The molecule has 190 valence electrons. The van der Waals surface area contributed by atoms with Gasteiger partial charge < -0.3 is 14.7 Å². The molecule has 0 aromatic heterocycles. The van der Waals surface area contributed by atoms with Crippen LogP contribution in [0.4, 0.5) is 14.9 Å². The number of rotatable bonds is 7. The number of fused-ring (bicyclic) bond motifs is 2. The minimum atomic E-state index is -0.980. The number of para-hydroxylation sites is 1. The topological polar surface area (TPSA) is 87.2 Å². The normalized spacial score (nSPS) is 23.4. The lowest BCUT2D eigenvalue weighted by atomic mass is 9.81. The molecular formula is C28H31FN2O5. The molecule has 1 aliphatic heterocycles. The van der Waals surface area contributed by atoms with Gasteiger partial charge in [-0.05, 0) is 61.9 Å². The summed E-state index contributed by atoms with van der Waals surface area (Å²) in [4.78, 5) is 41.7. The third-order valence-corrected chi connectivity index (χ3v) is 7.68. The zero-order valence-corrected chi connectivity index (χ0v) is 20.3. The summed E-state index contributed by atoms with van der Waals surface area (Å²) in [5.41, 5.74) is 2.35. The van der Waals surface area contributed by atoms with Gasteiger partial charge in [-0.3, -0.25) is 14.5 Å². The van der Waals surface area contributed by atoms with Gasteiger partial charge in [0.1, 0.15) is 11.9 Å². The van der Waals surface area contributed by atoms with E-state index in [-0.39, 0.29) is 48.6 Å². The van der Waals surface area contributed by atoms with Crippen LogP contribution in [0.15, 0.2) is 48.5 Å². The highest BCUT2D eigenvalue weighted by Crippen LogP contribution is 2.52. The molecule has 1 unspecified atom stereocenters. The molecule has 8 heteroatoms. The molecule has 2 aliphatic carbocycles. The monoisotopic (exact) mass is 494 g/mol. The summed E-state index contributed by atoms with van der Waals surface area (Å²) in [5, 5.41) is 9.13. The molecule has 0 bridgehead atoms. The second kappa shape index (κ2) is 9.91. The van der Waals surface area contributed by atoms with Crippen LogP contribution in [0.3, 0.4) is 0 Å². The Hall–Kier alpha value is -3.42. The minimum absolute atomic E-state index is 0.0250. The third kappa shape index (κ3) is 4.68. The SMILES string of the molecule is CC(OC(=O)N1c2ccccc2[C@H](N(C(=O)CCC(=O)O)C2CC2)[C@@H]2CCC[C@@H]21)c1ccc(F)cc1. The van der Waals surface area contributed by atoms with Crippen LogP contribution >= 0.6 is 0 Å². The number of nitrogens with zero attached hydrogens (tertiary/aromatic N) is 2. The molecule has 2 aromatic carbocycles. The number of carboxylic acid groups (broad SMARTS) is 1. The Morgan fingerprint density at radius 1 is 1.06 bits per heavy atom. The number of benzene rings is 2. The van der Waals surface area contributed by atoms with E-state index in [4.69, 9.17) is 9.84 Å². The number of ether oxygens (including phenoxy) is 1. The first-order valence-corrected chi connectivity index (χ1v) is 12.7. The van der Waals surface area contributed by atoms with E-state index < -0.39 is 18.2 Å². The molecular weight excluding hydrogens is 463 g/mol. The van der Waals surface area contributed by atoms with E-state index in [1.165, 1.54) is 12.1 Å². The lowest BCUT2D eigenvalue weighted by Gasteiger charge is -2.47. The van der Waals surface area contributed by atoms with Gasteiger partial charge in [-0.25, -0.2) is 9.18 Å². The maximum absolute atomic E-state index is 13.6. The number of amides is 2. The number of carbonyl (C=O) groups excluding carboxylic acids is 2. The van der Waals surface area contributed by atoms with Crippen LogP contribution in [-0.4, -0.2) is 40.1 Å². The van der Waals surface area contributed by atoms with E-state index in [1.54, 1.807) is 24.0 Å². The molecule has 36 heavy (non-hydrogen) atoms. The number of carbonyl (C=O) groups is 3. The maximum atomic E-state index is 13.6. The molecule has 2 aromatic rings. The van der Waals surface area contributed by atoms with Crippen LogP contribution in [0, 0.1) is 11.7 Å². The lowest BCUT2D eigenvalue weighted by Crippen LogP contribution is -2.53. The number of aliphatic carboxylic acids is 1. The highest BCUT2D eigenvalue weighted by Gasteiger charge is 2.51. The lowest BCUT2D eigenvalue weighted by molar-refractivity contribution is -0.142. The van der Waals surface area contributed by atoms with Crippen molar-refractivity contribution in [2.45, 2.75) is 76.1 Å². The highest BCUT2D eigenvalue weighted by atomic mass is 19.1.